The van der Waals surface area contributed by atoms with E-state index in [0.29, 0.717) is 0 Å². The molecule has 1 aromatic heterocycles. The summed E-state index contributed by atoms with van der Waals surface area (Å²) in [6.07, 6.45) is 0. The van der Waals surface area contributed by atoms with Gasteiger partial charge in [0.2, 0.25) is 11.8 Å². The molecule has 0 aliphatic rings. The van der Waals surface area contributed by atoms with Crippen LogP contribution in [0.15, 0.2) is 6.07 Å². The third kappa shape index (κ3) is 4.56. The predicted molar refractivity (Wildman–Crippen MR) is 81.7 cm³/mol. The van der Waals surface area contributed by atoms with Crippen LogP contribution >= 0.6 is 11.3 Å². The summed E-state index contributed by atoms with van der Waals surface area (Å²) in [7, 11) is 0. The molecule has 1 atom stereocenters. The highest BCUT2D eigenvalue weighted by molar-refractivity contribution is 7.16. The molecule has 6 nitrogen and oxygen atoms in total. The summed E-state index contributed by atoms with van der Waals surface area (Å²) in [5.74, 6) is -1.79. The van der Waals surface area contributed by atoms with Crippen molar-refractivity contribution in [2.45, 2.75) is 40.7 Å². The molecule has 0 saturated heterocycles. The molecule has 0 radical (unpaired) electrons. The number of thiophene rings is 1. The van der Waals surface area contributed by atoms with Gasteiger partial charge in [0.05, 0.1) is 5.56 Å². The highest BCUT2D eigenvalue weighted by Gasteiger charge is 2.26. The molecule has 0 aliphatic carbocycles. The van der Waals surface area contributed by atoms with Crippen molar-refractivity contribution in [1.29, 1.82) is 0 Å². The maximum absolute atomic E-state index is 12.0. The number of rotatable bonds is 4. The Morgan fingerprint density at radius 1 is 1.29 bits per heavy atom. The van der Waals surface area contributed by atoms with E-state index in [-0.39, 0.29) is 16.5 Å². The minimum atomic E-state index is -1.10. The number of amides is 2. The van der Waals surface area contributed by atoms with Crippen molar-refractivity contribution in [3.63, 3.8) is 0 Å². The summed E-state index contributed by atoms with van der Waals surface area (Å²) < 4.78 is 0. The monoisotopic (exact) mass is 312 g/mol. The molecule has 0 bridgehead atoms. The molecule has 3 N–H and O–H groups in total. The average molecular weight is 312 g/mol. The summed E-state index contributed by atoms with van der Waals surface area (Å²) in [4.78, 5) is 35.7. The number of carboxylic acids is 1. The second-order valence-corrected chi connectivity index (χ2v) is 7.10. The first kappa shape index (κ1) is 17.2. The quantitative estimate of drug-likeness (QED) is 0.794. The van der Waals surface area contributed by atoms with Gasteiger partial charge in [-0.1, -0.05) is 20.8 Å². The average Bonchev–Trinajstić information content (AvgIpc) is 2.68. The van der Waals surface area contributed by atoms with E-state index in [1.54, 1.807) is 34.6 Å². The fourth-order valence-corrected chi connectivity index (χ4v) is 2.37. The Morgan fingerprint density at radius 3 is 2.33 bits per heavy atom. The SMILES string of the molecule is Cc1cc(C(=O)O)c(NC(=O)C(C)NC(=O)C(C)(C)C)s1. The third-order valence-electron chi connectivity index (χ3n) is 2.74. The van der Waals surface area contributed by atoms with Gasteiger partial charge >= 0.3 is 5.97 Å². The van der Waals surface area contributed by atoms with Crippen molar-refractivity contribution < 1.29 is 19.5 Å². The van der Waals surface area contributed by atoms with Gasteiger partial charge in [0, 0.05) is 10.3 Å². The number of aryl methyl sites for hydroxylation is 1. The van der Waals surface area contributed by atoms with Crippen LogP contribution in [-0.4, -0.2) is 28.9 Å². The summed E-state index contributed by atoms with van der Waals surface area (Å²) in [6.45, 7) is 8.56. The van der Waals surface area contributed by atoms with E-state index in [0.717, 1.165) is 4.88 Å². The highest BCUT2D eigenvalue weighted by Crippen LogP contribution is 2.27. The number of nitrogens with one attached hydrogen (secondary N) is 2. The first-order chi connectivity index (χ1) is 9.52. The maximum Gasteiger partial charge on any atom is 0.338 e. The van der Waals surface area contributed by atoms with Gasteiger partial charge in [-0.25, -0.2) is 4.79 Å². The molecule has 116 valence electrons. The zero-order chi connectivity index (χ0) is 16.4. The molecule has 21 heavy (non-hydrogen) atoms. The highest BCUT2D eigenvalue weighted by atomic mass is 32.1. The molecule has 2 amide bonds. The van der Waals surface area contributed by atoms with Crippen LogP contribution in [0.1, 0.15) is 42.9 Å². The molecule has 0 fully saturated rings. The molecule has 1 rings (SSSR count). The van der Waals surface area contributed by atoms with Crippen molar-refractivity contribution in [1.82, 2.24) is 5.32 Å². The molecule has 1 unspecified atom stereocenters. The molecule has 0 spiro atoms. The molecule has 1 heterocycles. The fourth-order valence-electron chi connectivity index (χ4n) is 1.46. The summed E-state index contributed by atoms with van der Waals surface area (Å²) in [5, 5.41) is 14.5. The number of anilines is 1. The number of hydrogen-bond acceptors (Lipinski definition) is 4. The number of aromatic carboxylic acids is 1. The van der Waals surface area contributed by atoms with Crippen LogP contribution in [0.5, 0.6) is 0 Å². The van der Waals surface area contributed by atoms with Crippen molar-refractivity contribution in [2.24, 2.45) is 5.41 Å². The van der Waals surface area contributed by atoms with Gasteiger partial charge in [-0.05, 0) is 19.9 Å². The van der Waals surface area contributed by atoms with Crippen LogP contribution in [0.25, 0.3) is 0 Å². The Kier molecular flexibility index (Phi) is 5.11. The van der Waals surface area contributed by atoms with Crippen molar-refractivity contribution >= 4 is 34.1 Å². The number of carbonyl (C=O) groups excluding carboxylic acids is 2. The summed E-state index contributed by atoms with van der Waals surface area (Å²) in [5.41, 5.74) is -0.541. The fraction of sp³-hybridized carbons (Fsp3) is 0.500. The Balaban J connectivity index is 2.78. The zero-order valence-corrected chi connectivity index (χ0v) is 13.6. The lowest BCUT2D eigenvalue weighted by Gasteiger charge is -2.21. The van der Waals surface area contributed by atoms with E-state index in [1.165, 1.54) is 17.4 Å². The molecular weight excluding hydrogens is 292 g/mol. The van der Waals surface area contributed by atoms with E-state index >= 15 is 0 Å². The van der Waals surface area contributed by atoms with Crippen LogP contribution in [0.4, 0.5) is 5.00 Å². The lowest BCUT2D eigenvalue weighted by Crippen LogP contribution is -2.46. The van der Waals surface area contributed by atoms with Crippen LogP contribution < -0.4 is 10.6 Å². The van der Waals surface area contributed by atoms with Crippen molar-refractivity contribution in [3.05, 3.63) is 16.5 Å². The molecule has 1 aromatic rings. The van der Waals surface area contributed by atoms with Gasteiger partial charge in [-0.2, -0.15) is 0 Å². The lowest BCUT2D eigenvalue weighted by molar-refractivity contribution is -0.131. The second-order valence-electron chi connectivity index (χ2n) is 5.84. The number of carbonyl (C=O) groups is 3. The van der Waals surface area contributed by atoms with Crippen LogP contribution in [0.3, 0.4) is 0 Å². The molecular formula is C14H20N2O4S. The largest absolute Gasteiger partial charge is 0.478 e. The second kappa shape index (κ2) is 6.26. The third-order valence-corrected chi connectivity index (χ3v) is 3.71. The van der Waals surface area contributed by atoms with Gasteiger partial charge in [-0.15, -0.1) is 11.3 Å². The molecule has 0 saturated carbocycles. The summed E-state index contributed by atoms with van der Waals surface area (Å²) in [6, 6.07) is 0.752. The van der Waals surface area contributed by atoms with Gasteiger partial charge in [0.15, 0.2) is 0 Å². The molecule has 0 aliphatic heterocycles. The predicted octanol–water partition coefficient (Wildman–Crippen LogP) is 2.24. The Hall–Kier alpha value is -1.89. The van der Waals surface area contributed by atoms with Crippen LogP contribution in [0, 0.1) is 12.3 Å². The van der Waals surface area contributed by atoms with Gasteiger partial charge in [-0.3, -0.25) is 9.59 Å². The van der Waals surface area contributed by atoms with Crippen molar-refractivity contribution in [3.8, 4) is 0 Å². The molecule has 7 heteroatoms. The Morgan fingerprint density at radius 2 is 1.86 bits per heavy atom. The topological polar surface area (TPSA) is 95.5 Å². The standard InChI is InChI=1S/C14H20N2O4S/c1-7-6-9(12(18)19)11(21-7)16-10(17)8(2)15-13(20)14(3,4)5/h6,8H,1-5H3,(H,15,20)(H,16,17)(H,18,19). The van der Waals surface area contributed by atoms with Gasteiger partial charge < -0.3 is 15.7 Å². The Bertz CT molecular complexity index is 572. The van der Waals surface area contributed by atoms with E-state index < -0.39 is 23.3 Å². The van der Waals surface area contributed by atoms with Crippen molar-refractivity contribution in [2.75, 3.05) is 5.32 Å². The molecule has 0 aromatic carbocycles. The first-order valence-electron chi connectivity index (χ1n) is 6.48. The Labute approximate surface area is 127 Å². The summed E-state index contributed by atoms with van der Waals surface area (Å²) >= 11 is 1.19. The number of hydrogen-bond donors (Lipinski definition) is 3. The van der Waals surface area contributed by atoms with E-state index in [2.05, 4.69) is 10.6 Å². The van der Waals surface area contributed by atoms with E-state index in [4.69, 9.17) is 5.11 Å². The number of carboxylic acid groups (broad SMARTS) is 1. The lowest BCUT2D eigenvalue weighted by atomic mass is 9.95. The van der Waals surface area contributed by atoms with E-state index in [9.17, 15) is 14.4 Å². The van der Waals surface area contributed by atoms with Crippen LogP contribution in [-0.2, 0) is 9.59 Å². The van der Waals surface area contributed by atoms with Crippen LogP contribution in [0.2, 0.25) is 0 Å². The van der Waals surface area contributed by atoms with Gasteiger partial charge in [0.25, 0.3) is 0 Å². The smallest absolute Gasteiger partial charge is 0.338 e. The normalized spacial score (nSPS) is 12.6. The minimum absolute atomic E-state index is 0.0557. The minimum Gasteiger partial charge on any atom is -0.478 e. The maximum atomic E-state index is 12.0. The van der Waals surface area contributed by atoms with Gasteiger partial charge in [0.1, 0.15) is 11.0 Å². The van der Waals surface area contributed by atoms with E-state index in [1.807, 2.05) is 0 Å². The zero-order valence-electron chi connectivity index (χ0n) is 12.7. The first-order valence-corrected chi connectivity index (χ1v) is 7.29.